The van der Waals surface area contributed by atoms with Gasteiger partial charge in [-0.3, -0.25) is 0 Å². The Balaban J connectivity index is 0.000000671. The number of hydrogen-bond donors (Lipinski definition) is 0. The molecule has 74 valence electrons. The second-order valence-corrected chi connectivity index (χ2v) is 4.08. The maximum absolute atomic E-state index is 5.92. The van der Waals surface area contributed by atoms with E-state index in [1.54, 1.807) is 17.8 Å². The highest BCUT2D eigenvalue weighted by Crippen LogP contribution is 2.32. The summed E-state index contributed by atoms with van der Waals surface area (Å²) in [4.78, 5) is 1.06. The zero-order chi connectivity index (χ0) is 10.3. The van der Waals surface area contributed by atoms with Gasteiger partial charge in [0.25, 0.3) is 0 Å². The van der Waals surface area contributed by atoms with Gasteiger partial charge < -0.3 is 0 Å². The van der Waals surface area contributed by atoms with Crippen molar-refractivity contribution >= 4 is 35.0 Å². The van der Waals surface area contributed by atoms with E-state index in [0.717, 1.165) is 10.6 Å². The van der Waals surface area contributed by atoms with Crippen molar-refractivity contribution in [2.45, 2.75) is 25.7 Å². The fraction of sp³-hybridized carbons (Fsp3) is 0.400. The van der Waals surface area contributed by atoms with E-state index >= 15 is 0 Å². The van der Waals surface area contributed by atoms with Gasteiger partial charge in [-0.25, -0.2) is 0 Å². The first-order valence-corrected chi connectivity index (χ1v) is 6.06. The molecule has 0 heterocycles. The highest BCUT2D eigenvalue weighted by atomic mass is 35.5. The number of halogens is 2. The first-order chi connectivity index (χ1) is 6.25. The van der Waals surface area contributed by atoms with Crippen LogP contribution in [0, 0.1) is 0 Å². The minimum absolute atomic E-state index is 0.630. The van der Waals surface area contributed by atoms with Gasteiger partial charge in [0.15, 0.2) is 0 Å². The van der Waals surface area contributed by atoms with Crippen LogP contribution in [0.15, 0.2) is 23.1 Å². The average molecular weight is 237 g/mol. The number of benzene rings is 1. The monoisotopic (exact) mass is 236 g/mol. The second kappa shape index (κ2) is 7.54. The lowest BCUT2D eigenvalue weighted by atomic mass is 10.4. The van der Waals surface area contributed by atoms with E-state index in [1.165, 1.54) is 0 Å². The lowest BCUT2D eigenvalue weighted by Crippen LogP contribution is -1.75. The molecule has 0 atom stereocenters. The van der Waals surface area contributed by atoms with Crippen LogP contribution in [0.4, 0.5) is 0 Å². The highest BCUT2D eigenvalue weighted by Gasteiger charge is 2.02. The minimum Gasteiger partial charge on any atom is -0.125 e. The molecule has 0 N–H and O–H groups in total. The summed E-state index contributed by atoms with van der Waals surface area (Å²) >= 11 is 13.4. The molecule has 0 unspecified atom stereocenters. The van der Waals surface area contributed by atoms with Gasteiger partial charge in [0.1, 0.15) is 0 Å². The fourth-order valence-corrected chi connectivity index (χ4v) is 1.99. The number of thioether (sulfide) groups is 1. The first-order valence-electron chi connectivity index (χ1n) is 4.32. The summed E-state index contributed by atoms with van der Waals surface area (Å²) in [6, 6.07) is 5.68. The van der Waals surface area contributed by atoms with Gasteiger partial charge in [-0.15, -0.1) is 11.8 Å². The SMILES string of the molecule is CC.CCSc1cccc(Cl)c1Cl. The Labute approximate surface area is 94.6 Å². The molecule has 1 rings (SSSR count). The van der Waals surface area contributed by atoms with E-state index in [-0.39, 0.29) is 0 Å². The van der Waals surface area contributed by atoms with Crippen LogP contribution in [-0.2, 0) is 0 Å². The number of rotatable bonds is 2. The Morgan fingerprint density at radius 3 is 2.38 bits per heavy atom. The van der Waals surface area contributed by atoms with Crippen molar-refractivity contribution in [3.8, 4) is 0 Å². The van der Waals surface area contributed by atoms with Gasteiger partial charge in [0.2, 0.25) is 0 Å². The standard InChI is InChI=1S/C8H8Cl2S.C2H6/c1-2-11-7-5-3-4-6(9)8(7)10;1-2/h3-5H,2H2,1H3;1-2H3. The molecule has 0 aromatic heterocycles. The van der Waals surface area contributed by atoms with E-state index in [4.69, 9.17) is 23.2 Å². The molecule has 13 heavy (non-hydrogen) atoms. The first kappa shape index (κ1) is 13.2. The Bertz CT molecular complexity index is 249. The molecule has 0 aliphatic carbocycles. The zero-order valence-electron chi connectivity index (χ0n) is 8.10. The smallest absolute Gasteiger partial charge is 0.0728 e. The molecule has 0 bridgehead atoms. The average Bonchev–Trinajstić information content (AvgIpc) is 2.17. The Morgan fingerprint density at radius 2 is 1.85 bits per heavy atom. The van der Waals surface area contributed by atoms with Crippen LogP contribution < -0.4 is 0 Å². The predicted octanol–water partition coefficient (Wildman–Crippen LogP) is 5.13. The van der Waals surface area contributed by atoms with Crippen molar-refractivity contribution in [1.82, 2.24) is 0 Å². The van der Waals surface area contributed by atoms with Gasteiger partial charge in [-0.2, -0.15) is 0 Å². The summed E-state index contributed by atoms with van der Waals surface area (Å²) < 4.78 is 0. The molecule has 0 saturated heterocycles. The Kier molecular flexibility index (Phi) is 7.63. The van der Waals surface area contributed by atoms with Crippen LogP contribution in [0.25, 0.3) is 0 Å². The third-order valence-corrected chi connectivity index (χ3v) is 3.09. The van der Waals surface area contributed by atoms with E-state index in [9.17, 15) is 0 Å². The second-order valence-electron chi connectivity index (χ2n) is 1.98. The van der Waals surface area contributed by atoms with Crippen LogP contribution in [0.2, 0.25) is 10.0 Å². The fourth-order valence-electron chi connectivity index (χ4n) is 0.751. The quantitative estimate of drug-likeness (QED) is 0.642. The molecule has 1 aromatic carbocycles. The molecular weight excluding hydrogens is 223 g/mol. The third kappa shape index (κ3) is 4.26. The van der Waals surface area contributed by atoms with Crippen LogP contribution in [-0.4, -0.2) is 5.75 Å². The summed E-state index contributed by atoms with van der Waals surface area (Å²) in [7, 11) is 0. The van der Waals surface area contributed by atoms with Crippen molar-refractivity contribution in [2.24, 2.45) is 0 Å². The van der Waals surface area contributed by atoms with Crippen molar-refractivity contribution in [3.63, 3.8) is 0 Å². The molecule has 0 aliphatic rings. The van der Waals surface area contributed by atoms with Crippen molar-refractivity contribution in [2.75, 3.05) is 5.75 Å². The molecule has 0 amide bonds. The van der Waals surface area contributed by atoms with Crippen LogP contribution in [0.5, 0.6) is 0 Å². The van der Waals surface area contributed by atoms with Gasteiger partial charge in [-0.05, 0) is 17.9 Å². The molecule has 1 aromatic rings. The molecular formula is C10H14Cl2S. The van der Waals surface area contributed by atoms with E-state index in [1.807, 2.05) is 26.0 Å². The minimum atomic E-state index is 0.630. The Morgan fingerprint density at radius 1 is 1.23 bits per heavy atom. The molecule has 3 heteroatoms. The molecule has 0 saturated carbocycles. The topological polar surface area (TPSA) is 0 Å². The van der Waals surface area contributed by atoms with Gasteiger partial charge in [0.05, 0.1) is 10.0 Å². The van der Waals surface area contributed by atoms with Gasteiger partial charge >= 0.3 is 0 Å². The predicted molar refractivity (Wildman–Crippen MR) is 64.2 cm³/mol. The number of hydrogen-bond acceptors (Lipinski definition) is 1. The van der Waals surface area contributed by atoms with E-state index in [0.29, 0.717) is 10.0 Å². The maximum Gasteiger partial charge on any atom is 0.0728 e. The summed E-state index contributed by atoms with van der Waals surface area (Å²) in [6.45, 7) is 6.09. The zero-order valence-corrected chi connectivity index (χ0v) is 10.4. The highest BCUT2D eigenvalue weighted by molar-refractivity contribution is 7.99. The van der Waals surface area contributed by atoms with E-state index < -0.39 is 0 Å². The van der Waals surface area contributed by atoms with Gasteiger partial charge in [0, 0.05) is 4.90 Å². The van der Waals surface area contributed by atoms with Gasteiger partial charge in [-0.1, -0.05) is 50.0 Å². The van der Waals surface area contributed by atoms with E-state index in [2.05, 4.69) is 6.92 Å². The van der Waals surface area contributed by atoms with Crippen molar-refractivity contribution in [3.05, 3.63) is 28.2 Å². The maximum atomic E-state index is 5.92. The lowest BCUT2D eigenvalue weighted by Gasteiger charge is -2.01. The largest absolute Gasteiger partial charge is 0.125 e. The lowest BCUT2D eigenvalue weighted by molar-refractivity contribution is 1.43. The van der Waals surface area contributed by atoms with Crippen LogP contribution in [0.1, 0.15) is 20.8 Å². The van der Waals surface area contributed by atoms with Crippen molar-refractivity contribution in [1.29, 1.82) is 0 Å². The van der Waals surface area contributed by atoms with Crippen LogP contribution in [0.3, 0.4) is 0 Å². The van der Waals surface area contributed by atoms with Crippen LogP contribution >= 0.6 is 35.0 Å². The Hall–Kier alpha value is 0.150. The summed E-state index contributed by atoms with van der Waals surface area (Å²) in [5, 5.41) is 1.30. The molecule has 0 spiro atoms. The summed E-state index contributed by atoms with van der Waals surface area (Å²) in [5.74, 6) is 1.01. The normalized spacial score (nSPS) is 9.00. The summed E-state index contributed by atoms with van der Waals surface area (Å²) in [5.41, 5.74) is 0. The third-order valence-electron chi connectivity index (χ3n) is 1.22. The molecule has 0 radical (unpaired) electrons. The molecule has 0 nitrogen and oxygen atoms in total. The summed E-state index contributed by atoms with van der Waals surface area (Å²) in [6.07, 6.45) is 0. The molecule has 0 fully saturated rings. The van der Waals surface area contributed by atoms with Crippen molar-refractivity contribution < 1.29 is 0 Å². The molecule has 0 aliphatic heterocycles.